The first-order valence-electron chi connectivity index (χ1n) is 6.45. The SMILES string of the molecule is C#CCNC(=O)/C(=C/N)C(=O)N(C=C)Cc1ccc(F)c(F)c1. The van der Waals surface area contributed by atoms with Crippen LogP contribution in [-0.4, -0.2) is 23.3 Å². The molecule has 0 unspecified atom stereocenters. The molecule has 1 aromatic carbocycles. The standard InChI is InChI=1S/C16H15F2N3O2/c1-3-7-20-15(22)12(9-19)16(23)21(4-2)10-11-5-6-13(17)14(18)8-11/h1,4-6,8-9H,2,7,10,19H2,(H,20,22)/b12-9-. The van der Waals surface area contributed by atoms with E-state index in [1.807, 2.05) is 0 Å². The number of hydrogen-bond donors (Lipinski definition) is 2. The van der Waals surface area contributed by atoms with Gasteiger partial charge in [-0.1, -0.05) is 18.6 Å². The minimum absolute atomic E-state index is 0.0687. The molecular formula is C16H15F2N3O2. The highest BCUT2D eigenvalue weighted by Gasteiger charge is 2.22. The minimum atomic E-state index is -1.04. The Hall–Kier alpha value is -3.14. The Morgan fingerprint density at radius 1 is 1.39 bits per heavy atom. The maximum Gasteiger partial charge on any atom is 0.265 e. The van der Waals surface area contributed by atoms with Crippen LogP contribution in [0.25, 0.3) is 0 Å². The van der Waals surface area contributed by atoms with Crippen LogP contribution in [0, 0.1) is 24.0 Å². The van der Waals surface area contributed by atoms with Crippen molar-refractivity contribution in [1.29, 1.82) is 0 Å². The lowest BCUT2D eigenvalue weighted by molar-refractivity contribution is -0.128. The first kappa shape index (κ1) is 17.9. The van der Waals surface area contributed by atoms with Crippen LogP contribution in [-0.2, 0) is 16.1 Å². The topological polar surface area (TPSA) is 75.4 Å². The van der Waals surface area contributed by atoms with Crippen molar-refractivity contribution in [2.45, 2.75) is 6.54 Å². The quantitative estimate of drug-likeness (QED) is 0.356. The van der Waals surface area contributed by atoms with Gasteiger partial charge >= 0.3 is 0 Å². The number of carbonyl (C=O) groups excluding carboxylic acids is 2. The zero-order chi connectivity index (χ0) is 17.4. The van der Waals surface area contributed by atoms with Gasteiger partial charge in [0.05, 0.1) is 13.1 Å². The number of nitrogens with zero attached hydrogens (tertiary/aromatic N) is 1. The number of nitrogens with one attached hydrogen (secondary N) is 1. The first-order valence-corrected chi connectivity index (χ1v) is 6.45. The summed E-state index contributed by atoms with van der Waals surface area (Å²) >= 11 is 0. The molecule has 0 radical (unpaired) electrons. The van der Waals surface area contributed by atoms with E-state index in [9.17, 15) is 18.4 Å². The molecule has 0 saturated heterocycles. The fourth-order valence-corrected chi connectivity index (χ4v) is 1.68. The Labute approximate surface area is 132 Å². The molecule has 120 valence electrons. The van der Waals surface area contributed by atoms with E-state index < -0.39 is 23.4 Å². The second-order valence-corrected chi connectivity index (χ2v) is 4.33. The van der Waals surface area contributed by atoms with Crippen molar-refractivity contribution >= 4 is 11.8 Å². The second-order valence-electron chi connectivity index (χ2n) is 4.33. The van der Waals surface area contributed by atoms with Crippen molar-refractivity contribution in [3.05, 3.63) is 59.9 Å². The van der Waals surface area contributed by atoms with Gasteiger partial charge in [-0.25, -0.2) is 8.78 Å². The van der Waals surface area contributed by atoms with Gasteiger partial charge in [-0.15, -0.1) is 6.42 Å². The number of hydrogen-bond acceptors (Lipinski definition) is 3. The maximum atomic E-state index is 13.2. The van der Waals surface area contributed by atoms with Gasteiger partial charge in [0.15, 0.2) is 11.6 Å². The second kappa shape index (κ2) is 8.34. The van der Waals surface area contributed by atoms with Crippen LogP contribution >= 0.6 is 0 Å². The third-order valence-corrected chi connectivity index (χ3v) is 2.81. The monoisotopic (exact) mass is 319 g/mol. The molecular weight excluding hydrogens is 304 g/mol. The van der Waals surface area contributed by atoms with Crippen LogP contribution in [0.5, 0.6) is 0 Å². The average molecular weight is 319 g/mol. The van der Waals surface area contributed by atoms with Gasteiger partial charge < -0.3 is 16.0 Å². The number of halogens is 2. The highest BCUT2D eigenvalue weighted by Crippen LogP contribution is 2.13. The summed E-state index contributed by atoms with van der Waals surface area (Å²) in [7, 11) is 0. The maximum absolute atomic E-state index is 13.2. The molecule has 23 heavy (non-hydrogen) atoms. The van der Waals surface area contributed by atoms with Crippen LogP contribution in [0.15, 0.2) is 42.8 Å². The van der Waals surface area contributed by atoms with Crippen LogP contribution in [0.4, 0.5) is 8.78 Å². The summed E-state index contributed by atoms with van der Waals surface area (Å²) in [5.74, 6) is -1.34. The summed E-state index contributed by atoms with van der Waals surface area (Å²) in [5, 5.41) is 2.31. The molecule has 0 aliphatic rings. The Kier molecular flexibility index (Phi) is 6.49. The molecule has 1 aromatic rings. The summed E-state index contributed by atoms with van der Waals surface area (Å²) in [6.07, 6.45) is 7.01. The van der Waals surface area contributed by atoms with Gasteiger partial charge in [0.1, 0.15) is 5.57 Å². The van der Waals surface area contributed by atoms with E-state index in [1.165, 1.54) is 6.07 Å². The summed E-state index contributed by atoms with van der Waals surface area (Å²) in [4.78, 5) is 25.1. The smallest absolute Gasteiger partial charge is 0.265 e. The van der Waals surface area contributed by atoms with Gasteiger partial charge in [0.25, 0.3) is 11.8 Å². The molecule has 0 aliphatic carbocycles. The zero-order valence-electron chi connectivity index (χ0n) is 12.2. The van der Waals surface area contributed by atoms with Crippen LogP contribution in [0.1, 0.15) is 5.56 Å². The Bertz CT molecular complexity index is 693. The third-order valence-electron chi connectivity index (χ3n) is 2.81. The van der Waals surface area contributed by atoms with E-state index >= 15 is 0 Å². The molecule has 1 rings (SSSR count). The number of benzene rings is 1. The Morgan fingerprint density at radius 2 is 2.09 bits per heavy atom. The van der Waals surface area contributed by atoms with Gasteiger partial charge in [0.2, 0.25) is 0 Å². The molecule has 3 N–H and O–H groups in total. The van der Waals surface area contributed by atoms with E-state index in [0.717, 1.165) is 29.4 Å². The molecule has 0 aromatic heterocycles. The van der Waals surface area contributed by atoms with E-state index in [2.05, 4.69) is 17.8 Å². The predicted molar refractivity (Wildman–Crippen MR) is 81.2 cm³/mol. The summed E-state index contributed by atoms with van der Waals surface area (Å²) < 4.78 is 26.1. The lowest BCUT2D eigenvalue weighted by Gasteiger charge is -2.19. The highest BCUT2D eigenvalue weighted by atomic mass is 19.2. The lowest BCUT2D eigenvalue weighted by Crippen LogP contribution is -2.36. The Balaban J connectivity index is 2.93. The first-order chi connectivity index (χ1) is 10.9. The van der Waals surface area contributed by atoms with E-state index in [4.69, 9.17) is 12.2 Å². The number of amides is 2. The van der Waals surface area contributed by atoms with Crippen molar-refractivity contribution in [2.24, 2.45) is 5.73 Å². The summed E-state index contributed by atoms with van der Waals surface area (Å²) in [5.41, 5.74) is 5.28. The number of carbonyl (C=O) groups is 2. The summed E-state index contributed by atoms with van der Waals surface area (Å²) in [6.45, 7) is 3.28. The van der Waals surface area contributed by atoms with Crippen LogP contribution in [0.3, 0.4) is 0 Å². The van der Waals surface area contributed by atoms with E-state index in [1.54, 1.807) is 0 Å². The van der Waals surface area contributed by atoms with Gasteiger partial charge in [-0.3, -0.25) is 9.59 Å². The molecule has 0 saturated carbocycles. The lowest BCUT2D eigenvalue weighted by atomic mass is 10.1. The molecule has 0 bridgehead atoms. The minimum Gasteiger partial charge on any atom is -0.404 e. The number of rotatable bonds is 6. The van der Waals surface area contributed by atoms with Gasteiger partial charge in [0, 0.05) is 12.4 Å². The Morgan fingerprint density at radius 3 is 2.61 bits per heavy atom. The van der Waals surface area contributed by atoms with Crippen LogP contribution < -0.4 is 11.1 Å². The number of terminal acetylenes is 1. The van der Waals surface area contributed by atoms with Crippen molar-refractivity contribution in [1.82, 2.24) is 10.2 Å². The summed E-state index contributed by atoms with van der Waals surface area (Å²) in [6, 6.07) is 3.20. The fraction of sp³-hybridized carbons (Fsp3) is 0.125. The average Bonchev–Trinajstić information content (AvgIpc) is 2.54. The molecule has 0 heterocycles. The molecule has 5 nitrogen and oxygen atoms in total. The van der Waals surface area contributed by atoms with Crippen molar-refractivity contribution in [3.8, 4) is 12.3 Å². The molecule has 7 heteroatoms. The van der Waals surface area contributed by atoms with Gasteiger partial charge in [-0.05, 0) is 17.7 Å². The van der Waals surface area contributed by atoms with E-state index in [0.29, 0.717) is 5.56 Å². The molecule has 0 aliphatic heterocycles. The zero-order valence-corrected chi connectivity index (χ0v) is 12.2. The van der Waals surface area contributed by atoms with Gasteiger partial charge in [-0.2, -0.15) is 0 Å². The highest BCUT2D eigenvalue weighted by molar-refractivity contribution is 6.18. The largest absolute Gasteiger partial charge is 0.404 e. The fourth-order valence-electron chi connectivity index (χ4n) is 1.68. The molecule has 2 amide bonds. The number of nitrogens with two attached hydrogens (primary N) is 1. The molecule has 0 atom stereocenters. The molecule has 0 fully saturated rings. The van der Waals surface area contributed by atoms with Crippen molar-refractivity contribution in [2.75, 3.05) is 6.54 Å². The molecule has 0 spiro atoms. The van der Waals surface area contributed by atoms with Crippen molar-refractivity contribution in [3.63, 3.8) is 0 Å². The normalized spacial score (nSPS) is 10.6. The van der Waals surface area contributed by atoms with Crippen molar-refractivity contribution < 1.29 is 18.4 Å². The van der Waals surface area contributed by atoms with Crippen LogP contribution in [0.2, 0.25) is 0 Å². The predicted octanol–water partition coefficient (Wildman–Crippen LogP) is 1.03. The van der Waals surface area contributed by atoms with E-state index in [-0.39, 0.29) is 18.7 Å². The third kappa shape index (κ3) is 4.68.